The van der Waals surface area contributed by atoms with E-state index in [1.807, 2.05) is 13.8 Å². The van der Waals surface area contributed by atoms with E-state index in [2.05, 4.69) is 16.2 Å². The summed E-state index contributed by atoms with van der Waals surface area (Å²) in [5.41, 5.74) is 5.72. The molecule has 1 atom stereocenters. The molecule has 8 nitrogen and oxygen atoms in total. The zero-order chi connectivity index (χ0) is 19.2. The molecule has 0 radical (unpaired) electrons. The fourth-order valence-electron chi connectivity index (χ4n) is 2.89. The third kappa shape index (κ3) is 9.94. The van der Waals surface area contributed by atoms with Gasteiger partial charge in [-0.05, 0) is 24.7 Å². The zero-order valence-electron chi connectivity index (χ0n) is 16.3. The van der Waals surface area contributed by atoms with Crippen LogP contribution >= 0.6 is 0 Å². The van der Waals surface area contributed by atoms with E-state index in [9.17, 15) is 9.59 Å². The number of hydrogen-bond donors (Lipinski definition) is 3. The summed E-state index contributed by atoms with van der Waals surface area (Å²) in [4.78, 5) is 24.2. The lowest BCUT2D eigenvalue weighted by Gasteiger charge is -2.24. The quantitative estimate of drug-likeness (QED) is 0.355. The van der Waals surface area contributed by atoms with Crippen molar-refractivity contribution in [1.82, 2.24) is 16.2 Å². The normalized spacial score (nSPS) is 16.3. The second-order valence-corrected chi connectivity index (χ2v) is 6.98. The molecule has 0 heterocycles. The molecule has 1 aliphatic rings. The largest absolute Gasteiger partial charge is 0.447 e. The van der Waals surface area contributed by atoms with Gasteiger partial charge in [-0.2, -0.15) is 0 Å². The van der Waals surface area contributed by atoms with E-state index in [4.69, 9.17) is 14.2 Å². The van der Waals surface area contributed by atoms with Crippen molar-refractivity contribution in [2.24, 2.45) is 11.8 Å². The van der Waals surface area contributed by atoms with Crippen LogP contribution in [0.2, 0.25) is 0 Å². The van der Waals surface area contributed by atoms with Gasteiger partial charge in [-0.1, -0.05) is 33.1 Å². The summed E-state index contributed by atoms with van der Waals surface area (Å²) in [7, 11) is 1.59. The Morgan fingerprint density at radius 1 is 1.04 bits per heavy atom. The Balaban J connectivity index is 2.23. The van der Waals surface area contributed by atoms with Crippen molar-refractivity contribution < 1.29 is 23.8 Å². The van der Waals surface area contributed by atoms with Crippen LogP contribution in [0.1, 0.15) is 46.0 Å². The molecule has 3 N–H and O–H groups in total. The number of methoxy groups -OCH3 is 1. The molecule has 1 saturated carbocycles. The summed E-state index contributed by atoms with van der Waals surface area (Å²) in [5, 5.41) is 2.61. The van der Waals surface area contributed by atoms with E-state index in [0.29, 0.717) is 19.1 Å². The topological polar surface area (TPSA) is 97.9 Å². The lowest BCUT2D eigenvalue weighted by molar-refractivity contribution is -0.125. The third-order valence-corrected chi connectivity index (χ3v) is 4.44. The highest BCUT2D eigenvalue weighted by atomic mass is 16.6. The van der Waals surface area contributed by atoms with Crippen LogP contribution in [0.4, 0.5) is 4.79 Å². The molecule has 26 heavy (non-hydrogen) atoms. The first-order valence-corrected chi connectivity index (χ1v) is 9.57. The van der Waals surface area contributed by atoms with Crippen molar-refractivity contribution in [2.45, 2.75) is 52.0 Å². The molecule has 152 valence electrons. The van der Waals surface area contributed by atoms with Gasteiger partial charge in [0.25, 0.3) is 5.91 Å². The van der Waals surface area contributed by atoms with Crippen molar-refractivity contribution in [3.8, 4) is 0 Å². The van der Waals surface area contributed by atoms with Crippen molar-refractivity contribution in [2.75, 3.05) is 40.1 Å². The minimum Gasteiger partial charge on any atom is -0.447 e. The van der Waals surface area contributed by atoms with E-state index in [1.165, 1.54) is 32.1 Å². The lowest BCUT2D eigenvalue weighted by Crippen LogP contribution is -2.54. The Morgan fingerprint density at radius 3 is 2.38 bits per heavy atom. The van der Waals surface area contributed by atoms with Crippen LogP contribution in [0.25, 0.3) is 0 Å². The molecule has 0 unspecified atom stereocenters. The summed E-state index contributed by atoms with van der Waals surface area (Å²) in [6.07, 6.45) is 5.61. The summed E-state index contributed by atoms with van der Waals surface area (Å²) < 4.78 is 15.1. The Hall–Kier alpha value is -1.38. The highest BCUT2D eigenvalue weighted by Gasteiger charge is 2.25. The summed E-state index contributed by atoms with van der Waals surface area (Å²) in [6.45, 7) is 5.87. The molecule has 2 amide bonds. The van der Waals surface area contributed by atoms with Gasteiger partial charge < -0.3 is 19.5 Å². The number of amides is 2. The minimum atomic E-state index is -0.657. The number of carbonyl (C=O) groups is 2. The molecule has 0 aliphatic heterocycles. The standard InChI is InChI=1S/C18H35N3O5/c1-14(2)16(20-18(23)26-12-11-25-10-9-24-3)17(22)21-19-13-15-7-5-4-6-8-15/h14-16,19H,4-13H2,1-3H3,(H,20,23)(H,21,22)/t16-/m0/s1. The van der Waals surface area contributed by atoms with Crippen molar-refractivity contribution in [1.29, 1.82) is 0 Å². The van der Waals surface area contributed by atoms with Crippen molar-refractivity contribution in [3.63, 3.8) is 0 Å². The summed E-state index contributed by atoms with van der Waals surface area (Å²) in [6, 6.07) is -0.657. The number of ether oxygens (including phenoxy) is 3. The van der Waals surface area contributed by atoms with E-state index in [1.54, 1.807) is 7.11 Å². The number of hydrazine groups is 1. The Morgan fingerprint density at radius 2 is 1.73 bits per heavy atom. The van der Waals surface area contributed by atoms with Crippen molar-refractivity contribution in [3.05, 3.63) is 0 Å². The number of alkyl carbamates (subject to hydrolysis) is 1. The minimum absolute atomic E-state index is 0.0583. The van der Waals surface area contributed by atoms with Gasteiger partial charge in [0.15, 0.2) is 0 Å². The van der Waals surface area contributed by atoms with Crippen LogP contribution in [-0.2, 0) is 19.0 Å². The molecule has 1 rings (SSSR count). The van der Waals surface area contributed by atoms with Crippen LogP contribution in [0.15, 0.2) is 0 Å². The second-order valence-electron chi connectivity index (χ2n) is 6.98. The number of hydrogen-bond acceptors (Lipinski definition) is 6. The van der Waals surface area contributed by atoms with Gasteiger partial charge in [-0.3, -0.25) is 10.2 Å². The average molecular weight is 373 g/mol. The molecular weight excluding hydrogens is 338 g/mol. The van der Waals surface area contributed by atoms with E-state index in [-0.39, 0.29) is 25.0 Å². The molecule has 1 aliphatic carbocycles. The summed E-state index contributed by atoms with van der Waals surface area (Å²) >= 11 is 0. The Bertz CT molecular complexity index is 400. The van der Waals surface area contributed by atoms with Gasteiger partial charge in [0.05, 0.1) is 19.8 Å². The fourth-order valence-corrected chi connectivity index (χ4v) is 2.89. The number of carbonyl (C=O) groups excluding carboxylic acids is 2. The van der Waals surface area contributed by atoms with E-state index in [0.717, 1.165) is 6.54 Å². The molecule has 0 aromatic heterocycles. The van der Waals surface area contributed by atoms with Gasteiger partial charge >= 0.3 is 6.09 Å². The van der Waals surface area contributed by atoms with Crippen molar-refractivity contribution >= 4 is 12.0 Å². The molecular formula is C18H35N3O5. The number of rotatable bonds is 12. The SMILES string of the molecule is COCCOCCOC(=O)N[C@H](C(=O)NNCC1CCCCC1)C(C)C. The molecule has 1 fully saturated rings. The second kappa shape index (κ2) is 13.8. The maximum absolute atomic E-state index is 12.3. The Kier molecular flexibility index (Phi) is 12.0. The molecule has 0 aromatic rings. The Labute approximate surface area is 156 Å². The summed E-state index contributed by atoms with van der Waals surface area (Å²) in [5.74, 6) is 0.290. The maximum Gasteiger partial charge on any atom is 0.407 e. The molecule has 0 aromatic carbocycles. The predicted octanol–water partition coefficient (Wildman–Crippen LogP) is 1.60. The van der Waals surface area contributed by atoms with Crippen LogP contribution in [0.5, 0.6) is 0 Å². The predicted molar refractivity (Wildman–Crippen MR) is 98.5 cm³/mol. The monoisotopic (exact) mass is 373 g/mol. The van der Waals surface area contributed by atoms with Gasteiger partial charge in [0, 0.05) is 13.7 Å². The van der Waals surface area contributed by atoms with Crippen LogP contribution in [0.3, 0.4) is 0 Å². The molecule has 0 saturated heterocycles. The first kappa shape index (κ1) is 22.7. The lowest BCUT2D eigenvalue weighted by atomic mass is 9.89. The van der Waals surface area contributed by atoms with Gasteiger partial charge in [0.2, 0.25) is 0 Å². The number of nitrogens with one attached hydrogen (secondary N) is 3. The van der Waals surface area contributed by atoms with Crippen LogP contribution in [0, 0.1) is 11.8 Å². The highest BCUT2D eigenvalue weighted by molar-refractivity contribution is 5.85. The molecule has 0 spiro atoms. The maximum atomic E-state index is 12.3. The first-order valence-electron chi connectivity index (χ1n) is 9.57. The first-order chi connectivity index (χ1) is 12.5. The van der Waals surface area contributed by atoms with Crippen LogP contribution in [-0.4, -0.2) is 58.1 Å². The fraction of sp³-hybridized carbons (Fsp3) is 0.889. The third-order valence-electron chi connectivity index (χ3n) is 4.44. The molecule has 0 bridgehead atoms. The van der Waals surface area contributed by atoms with Gasteiger partial charge in [0.1, 0.15) is 12.6 Å². The average Bonchev–Trinajstić information content (AvgIpc) is 2.63. The van der Waals surface area contributed by atoms with E-state index < -0.39 is 12.1 Å². The zero-order valence-corrected chi connectivity index (χ0v) is 16.3. The smallest absolute Gasteiger partial charge is 0.407 e. The van der Waals surface area contributed by atoms with Gasteiger partial charge in [-0.25, -0.2) is 10.2 Å². The highest BCUT2D eigenvalue weighted by Crippen LogP contribution is 2.22. The molecule has 8 heteroatoms. The van der Waals surface area contributed by atoms with E-state index >= 15 is 0 Å². The van der Waals surface area contributed by atoms with Crippen LogP contribution < -0.4 is 16.2 Å². The van der Waals surface area contributed by atoms with Gasteiger partial charge in [-0.15, -0.1) is 0 Å².